The van der Waals surface area contributed by atoms with E-state index in [1.165, 1.54) is 30.3 Å². The first kappa shape index (κ1) is 15.4. The minimum atomic E-state index is -0.567. The molecule has 0 aromatic heterocycles. The summed E-state index contributed by atoms with van der Waals surface area (Å²) in [6.07, 6.45) is 0.460. The van der Waals surface area contributed by atoms with Gasteiger partial charge in [-0.25, -0.2) is 9.18 Å². The number of para-hydroxylation sites is 2. The Hall–Kier alpha value is -2.96. The van der Waals surface area contributed by atoms with Gasteiger partial charge in [0.05, 0.1) is 4.92 Å². The summed E-state index contributed by atoms with van der Waals surface area (Å²) in [5, 5.41) is 15.8. The number of halogens is 1. The molecule has 0 spiro atoms. The fourth-order valence-electron chi connectivity index (χ4n) is 1.92. The molecule has 0 radical (unpaired) electrons. The molecule has 114 valence electrons. The lowest BCUT2D eigenvalue weighted by atomic mass is 10.1. The largest absolute Gasteiger partial charge is 0.338 e. The van der Waals surface area contributed by atoms with Crippen molar-refractivity contribution in [2.24, 2.45) is 0 Å². The van der Waals surface area contributed by atoms with Crippen LogP contribution in [0.4, 0.5) is 20.6 Å². The Labute approximate surface area is 126 Å². The average Bonchev–Trinajstić information content (AvgIpc) is 2.47. The van der Waals surface area contributed by atoms with E-state index < -0.39 is 11.0 Å². The molecule has 0 bridgehead atoms. The van der Waals surface area contributed by atoms with Gasteiger partial charge < -0.3 is 10.6 Å². The first-order valence-electron chi connectivity index (χ1n) is 6.59. The van der Waals surface area contributed by atoms with Gasteiger partial charge in [0.2, 0.25) is 0 Å². The smallest absolute Gasteiger partial charge is 0.319 e. The number of nitro groups is 1. The van der Waals surface area contributed by atoms with Crippen LogP contribution in [-0.4, -0.2) is 17.5 Å². The van der Waals surface area contributed by atoms with Crippen molar-refractivity contribution in [3.8, 4) is 0 Å². The Morgan fingerprint density at radius 1 is 1.18 bits per heavy atom. The van der Waals surface area contributed by atoms with Crippen LogP contribution in [0, 0.1) is 15.9 Å². The molecule has 2 rings (SSSR count). The molecule has 0 heterocycles. The molecule has 0 unspecified atom stereocenters. The zero-order chi connectivity index (χ0) is 15.9. The van der Waals surface area contributed by atoms with Crippen LogP contribution in [0.25, 0.3) is 0 Å². The molecule has 0 saturated carbocycles. The van der Waals surface area contributed by atoms with Gasteiger partial charge in [-0.15, -0.1) is 0 Å². The highest BCUT2D eigenvalue weighted by molar-refractivity contribution is 5.91. The predicted octanol–water partition coefficient (Wildman–Crippen LogP) is 3.10. The number of rotatable bonds is 5. The molecule has 0 aliphatic carbocycles. The van der Waals surface area contributed by atoms with Gasteiger partial charge in [0.15, 0.2) is 0 Å². The minimum Gasteiger partial charge on any atom is -0.338 e. The van der Waals surface area contributed by atoms with Crippen LogP contribution in [-0.2, 0) is 6.42 Å². The molecule has 2 aromatic rings. The van der Waals surface area contributed by atoms with Crippen LogP contribution >= 0.6 is 0 Å². The van der Waals surface area contributed by atoms with Crippen molar-refractivity contribution < 1.29 is 14.1 Å². The van der Waals surface area contributed by atoms with E-state index in [1.54, 1.807) is 18.2 Å². The van der Waals surface area contributed by atoms with E-state index >= 15 is 0 Å². The Kier molecular flexibility index (Phi) is 5.02. The summed E-state index contributed by atoms with van der Waals surface area (Å²) in [7, 11) is 0. The highest BCUT2D eigenvalue weighted by Gasteiger charge is 2.14. The maximum absolute atomic E-state index is 13.0. The molecular weight excluding hydrogens is 289 g/mol. The summed E-state index contributed by atoms with van der Waals surface area (Å²) in [5.41, 5.74) is 0.699. The second kappa shape index (κ2) is 7.16. The molecule has 0 fully saturated rings. The second-order valence-electron chi connectivity index (χ2n) is 4.54. The third kappa shape index (κ3) is 4.27. The van der Waals surface area contributed by atoms with Crippen LogP contribution in [0.5, 0.6) is 0 Å². The normalized spacial score (nSPS) is 10.0. The van der Waals surface area contributed by atoms with E-state index in [2.05, 4.69) is 10.6 Å². The van der Waals surface area contributed by atoms with Crippen LogP contribution < -0.4 is 10.6 Å². The summed E-state index contributed by atoms with van der Waals surface area (Å²) < 4.78 is 13.0. The molecule has 0 aliphatic heterocycles. The van der Waals surface area contributed by atoms with Gasteiger partial charge in [-0.2, -0.15) is 0 Å². The predicted molar refractivity (Wildman–Crippen MR) is 80.2 cm³/mol. The monoisotopic (exact) mass is 303 g/mol. The number of hydrogen-bond donors (Lipinski definition) is 2. The molecule has 2 amide bonds. The highest BCUT2D eigenvalue weighted by atomic mass is 19.1. The van der Waals surface area contributed by atoms with E-state index in [0.29, 0.717) is 6.42 Å². The number of carbonyl (C=O) groups excluding carboxylic acids is 1. The fraction of sp³-hybridized carbons (Fsp3) is 0.133. The zero-order valence-corrected chi connectivity index (χ0v) is 11.6. The van der Waals surface area contributed by atoms with Gasteiger partial charge >= 0.3 is 6.03 Å². The molecule has 6 nitrogen and oxygen atoms in total. The number of urea groups is 1. The molecule has 0 atom stereocenters. The lowest BCUT2D eigenvalue weighted by Gasteiger charge is -2.08. The van der Waals surface area contributed by atoms with Gasteiger partial charge in [0.25, 0.3) is 5.69 Å². The Morgan fingerprint density at radius 3 is 2.68 bits per heavy atom. The van der Waals surface area contributed by atoms with Crippen LogP contribution in [0.15, 0.2) is 48.5 Å². The third-order valence-corrected chi connectivity index (χ3v) is 2.94. The number of nitro benzene ring substituents is 1. The van der Waals surface area contributed by atoms with Crippen LogP contribution in [0.1, 0.15) is 5.56 Å². The zero-order valence-electron chi connectivity index (χ0n) is 11.6. The average molecular weight is 303 g/mol. The summed E-state index contributed by atoms with van der Waals surface area (Å²) in [6, 6.07) is 11.4. The number of nitrogens with zero attached hydrogens (tertiary/aromatic N) is 1. The fourth-order valence-corrected chi connectivity index (χ4v) is 1.92. The number of benzene rings is 2. The van der Waals surface area contributed by atoms with E-state index in [-0.39, 0.29) is 23.7 Å². The van der Waals surface area contributed by atoms with Crippen molar-refractivity contribution in [2.75, 3.05) is 11.9 Å². The molecule has 22 heavy (non-hydrogen) atoms. The Bertz CT molecular complexity index is 691. The maximum Gasteiger partial charge on any atom is 0.319 e. The molecule has 2 N–H and O–H groups in total. The second-order valence-corrected chi connectivity index (χ2v) is 4.54. The molecule has 0 saturated heterocycles. The molecule has 7 heteroatoms. The lowest BCUT2D eigenvalue weighted by molar-refractivity contribution is -0.383. The summed E-state index contributed by atoms with van der Waals surface area (Å²) in [6.45, 7) is 0.288. The van der Waals surface area contributed by atoms with Gasteiger partial charge in [-0.3, -0.25) is 10.1 Å². The number of nitrogens with one attached hydrogen (secondary N) is 2. The number of carbonyl (C=O) groups is 1. The first-order chi connectivity index (χ1) is 10.6. The van der Waals surface area contributed by atoms with Crippen molar-refractivity contribution in [1.82, 2.24) is 5.32 Å². The first-order valence-corrected chi connectivity index (χ1v) is 6.59. The third-order valence-electron chi connectivity index (χ3n) is 2.94. The van der Waals surface area contributed by atoms with E-state index in [0.717, 1.165) is 5.56 Å². The molecule has 2 aromatic carbocycles. The van der Waals surface area contributed by atoms with E-state index in [9.17, 15) is 19.3 Å². The lowest BCUT2D eigenvalue weighted by Crippen LogP contribution is -2.30. The van der Waals surface area contributed by atoms with E-state index in [1.807, 2.05) is 0 Å². The Balaban J connectivity index is 1.87. The van der Waals surface area contributed by atoms with Gasteiger partial charge in [-0.05, 0) is 30.2 Å². The number of anilines is 1. The Morgan fingerprint density at radius 2 is 1.95 bits per heavy atom. The van der Waals surface area contributed by atoms with Gasteiger partial charge in [0, 0.05) is 12.6 Å². The maximum atomic E-state index is 13.0. The highest BCUT2D eigenvalue weighted by Crippen LogP contribution is 2.22. The summed E-state index contributed by atoms with van der Waals surface area (Å²) >= 11 is 0. The SMILES string of the molecule is O=C(NCCc1cccc(F)c1)Nc1ccccc1[N+](=O)[O-]. The number of hydrogen-bond acceptors (Lipinski definition) is 3. The molecule has 0 aliphatic rings. The van der Waals surface area contributed by atoms with Gasteiger partial charge in [-0.1, -0.05) is 24.3 Å². The van der Waals surface area contributed by atoms with E-state index in [4.69, 9.17) is 0 Å². The quantitative estimate of drug-likeness (QED) is 0.657. The van der Waals surface area contributed by atoms with Crippen LogP contribution in [0.2, 0.25) is 0 Å². The summed E-state index contributed by atoms with van der Waals surface area (Å²) in [4.78, 5) is 22.0. The van der Waals surface area contributed by atoms with Gasteiger partial charge in [0.1, 0.15) is 11.5 Å². The minimum absolute atomic E-state index is 0.121. The van der Waals surface area contributed by atoms with Crippen molar-refractivity contribution in [1.29, 1.82) is 0 Å². The topological polar surface area (TPSA) is 84.3 Å². The van der Waals surface area contributed by atoms with Crippen molar-refractivity contribution in [3.63, 3.8) is 0 Å². The summed E-state index contributed by atoms with van der Waals surface area (Å²) in [5.74, 6) is -0.332. The standard InChI is InChI=1S/C15H14FN3O3/c16-12-5-3-4-11(10-12)8-9-17-15(20)18-13-6-1-2-7-14(13)19(21)22/h1-7,10H,8-9H2,(H2,17,18,20). The van der Waals surface area contributed by atoms with Crippen molar-refractivity contribution >= 4 is 17.4 Å². The van der Waals surface area contributed by atoms with Crippen molar-refractivity contribution in [2.45, 2.75) is 6.42 Å². The molecular formula is C15H14FN3O3. The van der Waals surface area contributed by atoms with Crippen LogP contribution in [0.3, 0.4) is 0 Å². The number of amides is 2. The van der Waals surface area contributed by atoms with Crippen molar-refractivity contribution in [3.05, 3.63) is 70.0 Å².